The number of rotatable bonds is 3. The molecule has 0 radical (unpaired) electrons. The maximum atomic E-state index is 10.5. The lowest BCUT2D eigenvalue weighted by atomic mass is 10.7. The fraction of sp³-hybridized carbons (Fsp3) is 0.400. The summed E-state index contributed by atoms with van der Waals surface area (Å²) < 4.78 is 22.6. The molecule has 0 saturated heterocycles. The molecule has 62 valence electrons. The monoisotopic (exact) mass is 194 g/mol. The summed E-state index contributed by atoms with van der Waals surface area (Å²) in [6, 6.07) is 0. The van der Waals surface area contributed by atoms with Gasteiger partial charge in [0.2, 0.25) is 9.05 Å². The lowest BCUT2D eigenvalue weighted by Crippen LogP contribution is -2.05. The van der Waals surface area contributed by atoms with Crippen LogP contribution < -0.4 is 0 Å². The van der Waals surface area contributed by atoms with Crippen LogP contribution in [0.25, 0.3) is 0 Å². The van der Waals surface area contributed by atoms with E-state index in [1.54, 1.807) is 23.3 Å². The first-order valence-electron chi connectivity index (χ1n) is 2.96. The lowest BCUT2D eigenvalue weighted by molar-refractivity contribution is 0.602. The average Bonchev–Trinajstić information content (AvgIpc) is 2.32. The molecule has 0 aromatic carbocycles. The van der Waals surface area contributed by atoms with Crippen LogP contribution in [0.3, 0.4) is 0 Å². The average molecular weight is 195 g/mol. The molecule has 0 aliphatic heterocycles. The van der Waals surface area contributed by atoms with Crippen molar-refractivity contribution in [1.29, 1.82) is 0 Å². The highest BCUT2D eigenvalue weighted by Gasteiger charge is 2.03. The molecule has 1 rings (SSSR count). The molecule has 6 heteroatoms. The van der Waals surface area contributed by atoms with Crippen LogP contribution in [0.2, 0.25) is 0 Å². The third kappa shape index (κ3) is 3.38. The first-order chi connectivity index (χ1) is 5.08. The van der Waals surface area contributed by atoms with Crippen molar-refractivity contribution in [3.8, 4) is 0 Å². The highest BCUT2D eigenvalue weighted by atomic mass is 35.7. The maximum Gasteiger partial charge on any atom is 0.234 e. The number of aryl methyl sites for hydroxylation is 1. The molecule has 0 bridgehead atoms. The topological polar surface area (TPSA) is 52.0 Å². The number of imidazole rings is 1. The Labute approximate surface area is 69.2 Å². The van der Waals surface area contributed by atoms with Gasteiger partial charge in [0.05, 0.1) is 12.1 Å². The van der Waals surface area contributed by atoms with Gasteiger partial charge < -0.3 is 4.57 Å². The van der Waals surface area contributed by atoms with E-state index in [1.165, 1.54) is 0 Å². The van der Waals surface area contributed by atoms with E-state index in [9.17, 15) is 8.42 Å². The molecule has 0 aliphatic rings. The molecule has 1 heterocycles. The van der Waals surface area contributed by atoms with Gasteiger partial charge in [0.25, 0.3) is 0 Å². The van der Waals surface area contributed by atoms with Gasteiger partial charge in [0.15, 0.2) is 0 Å². The van der Waals surface area contributed by atoms with E-state index in [4.69, 9.17) is 10.7 Å². The summed E-state index contributed by atoms with van der Waals surface area (Å²) in [5.74, 6) is -0.0646. The standard InChI is InChI=1S/C5H7ClN2O2S/c6-11(9,10)4-3-8-2-1-7-5-8/h1-2,5H,3-4H2. The third-order valence-corrected chi connectivity index (χ3v) is 2.29. The van der Waals surface area contributed by atoms with E-state index in [1.807, 2.05) is 0 Å². The van der Waals surface area contributed by atoms with Crippen molar-refractivity contribution in [3.63, 3.8) is 0 Å². The summed E-state index contributed by atoms with van der Waals surface area (Å²) in [4.78, 5) is 3.75. The molecule has 11 heavy (non-hydrogen) atoms. The SMILES string of the molecule is O=S(=O)(Cl)CCn1ccnc1. The van der Waals surface area contributed by atoms with Crippen molar-refractivity contribution in [2.45, 2.75) is 6.54 Å². The van der Waals surface area contributed by atoms with E-state index in [0.29, 0.717) is 6.54 Å². The lowest BCUT2D eigenvalue weighted by Gasteiger charge is -1.96. The highest BCUT2D eigenvalue weighted by Crippen LogP contribution is 1.97. The van der Waals surface area contributed by atoms with Crippen LogP contribution in [0.15, 0.2) is 18.7 Å². The van der Waals surface area contributed by atoms with Crippen molar-refractivity contribution in [3.05, 3.63) is 18.7 Å². The molecule has 0 saturated carbocycles. The smallest absolute Gasteiger partial charge is 0.234 e. The van der Waals surface area contributed by atoms with Crippen molar-refractivity contribution >= 4 is 19.7 Å². The maximum absolute atomic E-state index is 10.5. The largest absolute Gasteiger partial charge is 0.336 e. The normalized spacial score (nSPS) is 11.7. The van der Waals surface area contributed by atoms with Crippen molar-refractivity contribution in [2.24, 2.45) is 0 Å². The Morgan fingerprint density at radius 1 is 1.55 bits per heavy atom. The van der Waals surface area contributed by atoms with E-state index in [0.717, 1.165) is 0 Å². The summed E-state index contributed by atoms with van der Waals surface area (Å²) in [6.07, 6.45) is 4.81. The van der Waals surface area contributed by atoms with Crippen LogP contribution in [0.4, 0.5) is 0 Å². The number of hydrogen-bond acceptors (Lipinski definition) is 3. The summed E-state index contributed by atoms with van der Waals surface area (Å²) in [6.45, 7) is 0.353. The summed E-state index contributed by atoms with van der Waals surface area (Å²) >= 11 is 0. The number of nitrogens with zero attached hydrogens (tertiary/aromatic N) is 2. The molecule has 4 nitrogen and oxygen atoms in total. The van der Waals surface area contributed by atoms with Crippen LogP contribution in [0, 0.1) is 0 Å². The van der Waals surface area contributed by atoms with E-state index in [-0.39, 0.29) is 5.75 Å². The summed E-state index contributed by atoms with van der Waals surface area (Å²) in [5, 5.41) is 0. The Hall–Kier alpha value is -0.550. The number of aromatic nitrogens is 2. The van der Waals surface area contributed by atoms with Crippen LogP contribution in [0.1, 0.15) is 0 Å². The molecule has 1 aromatic rings. The number of hydrogen-bond donors (Lipinski definition) is 0. The van der Waals surface area contributed by atoms with Crippen molar-refractivity contribution < 1.29 is 8.42 Å². The van der Waals surface area contributed by atoms with E-state index in [2.05, 4.69) is 4.98 Å². The van der Waals surface area contributed by atoms with Crippen LogP contribution in [0.5, 0.6) is 0 Å². The fourth-order valence-corrected chi connectivity index (χ4v) is 1.27. The molecule has 0 fully saturated rings. The van der Waals surface area contributed by atoms with Crippen molar-refractivity contribution in [2.75, 3.05) is 5.75 Å². The molecule has 0 aliphatic carbocycles. The Kier molecular flexibility index (Phi) is 2.51. The zero-order chi connectivity index (χ0) is 8.32. The van der Waals surface area contributed by atoms with Crippen LogP contribution >= 0.6 is 10.7 Å². The summed E-state index contributed by atoms with van der Waals surface area (Å²) in [7, 11) is 1.61. The minimum atomic E-state index is -3.38. The second-order valence-corrected chi connectivity index (χ2v) is 4.94. The van der Waals surface area contributed by atoms with Crippen LogP contribution in [-0.2, 0) is 15.6 Å². The fourth-order valence-electron chi connectivity index (χ4n) is 0.633. The Morgan fingerprint density at radius 2 is 2.27 bits per heavy atom. The Morgan fingerprint density at radius 3 is 2.73 bits per heavy atom. The van der Waals surface area contributed by atoms with Crippen LogP contribution in [-0.4, -0.2) is 23.7 Å². The zero-order valence-electron chi connectivity index (χ0n) is 5.64. The van der Waals surface area contributed by atoms with Gasteiger partial charge in [-0.2, -0.15) is 0 Å². The molecule has 0 atom stereocenters. The second-order valence-electron chi connectivity index (χ2n) is 2.04. The van der Waals surface area contributed by atoms with Gasteiger partial charge in [-0.05, 0) is 0 Å². The van der Waals surface area contributed by atoms with E-state index >= 15 is 0 Å². The highest BCUT2D eigenvalue weighted by molar-refractivity contribution is 8.13. The third-order valence-electron chi connectivity index (χ3n) is 1.15. The molecular weight excluding hydrogens is 188 g/mol. The summed E-state index contributed by atoms with van der Waals surface area (Å²) in [5.41, 5.74) is 0. The van der Waals surface area contributed by atoms with Gasteiger partial charge in [0.1, 0.15) is 0 Å². The van der Waals surface area contributed by atoms with Gasteiger partial charge in [0, 0.05) is 29.6 Å². The molecule has 0 spiro atoms. The molecule has 0 N–H and O–H groups in total. The van der Waals surface area contributed by atoms with E-state index < -0.39 is 9.05 Å². The Bertz CT molecular complexity index is 305. The van der Waals surface area contributed by atoms with Gasteiger partial charge in [-0.1, -0.05) is 0 Å². The quantitative estimate of drug-likeness (QED) is 0.657. The predicted octanol–water partition coefficient (Wildman–Crippen LogP) is 0.452. The van der Waals surface area contributed by atoms with Gasteiger partial charge in [-0.25, -0.2) is 13.4 Å². The van der Waals surface area contributed by atoms with Gasteiger partial charge in [-0.3, -0.25) is 0 Å². The second kappa shape index (κ2) is 3.23. The van der Waals surface area contributed by atoms with Gasteiger partial charge >= 0.3 is 0 Å². The zero-order valence-corrected chi connectivity index (χ0v) is 7.22. The molecule has 0 unspecified atom stereocenters. The molecule has 0 amide bonds. The minimum absolute atomic E-state index is 0.0646. The first kappa shape index (κ1) is 8.55. The Balaban J connectivity index is 2.48. The van der Waals surface area contributed by atoms with Crippen molar-refractivity contribution in [1.82, 2.24) is 9.55 Å². The molecular formula is C5H7ClN2O2S. The first-order valence-corrected chi connectivity index (χ1v) is 5.44. The number of halogens is 1. The minimum Gasteiger partial charge on any atom is -0.336 e. The van der Waals surface area contributed by atoms with Gasteiger partial charge in [-0.15, -0.1) is 0 Å². The molecule has 1 aromatic heterocycles. The predicted molar refractivity (Wildman–Crippen MR) is 41.9 cm³/mol.